The van der Waals surface area contributed by atoms with Crippen LogP contribution in [0.2, 0.25) is 0 Å². The summed E-state index contributed by atoms with van der Waals surface area (Å²) in [6.45, 7) is 0. The molecule has 58 valence electrons. The molecule has 5 nitrogen and oxygen atoms in total. The summed E-state index contributed by atoms with van der Waals surface area (Å²) in [5.74, 6) is 0.523. The quantitative estimate of drug-likeness (QED) is 0.515. The Kier molecular flexibility index (Phi) is 1.58. The summed E-state index contributed by atoms with van der Waals surface area (Å²) in [5, 5.41) is 13.4. The van der Waals surface area contributed by atoms with Crippen molar-refractivity contribution in [1.82, 2.24) is 25.6 Å². The van der Waals surface area contributed by atoms with Gasteiger partial charge in [-0.1, -0.05) is 11.5 Å². The van der Waals surface area contributed by atoms with Gasteiger partial charge in [0.1, 0.15) is 13.5 Å². The average Bonchev–Trinajstić information content (AvgIpc) is 2.58. The zero-order chi connectivity index (χ0) is 8.39. The summed E-state index contributed by atoms with van der Waals surface area (Å²) in [4.78, 5) is 4.14. The molecule has 0 aromatic carbocycles. The number of nitrogens with one attached hydrogen (secondary N) is 1. The normalized spacial score (nSPS) is 10.0. The van der Waals surface area contributed by atoms with Gasteiger partial charge in [-0.05, 0) is 11.3 Å². The molecule has 0 saturated heterocycles. The van der Waals surface area contributed by atoms with Crippen molar-refractivity contribution in [2.45, 2.75) is 0 Å². The fourth-order valence-corrected chi connectivity index (χ4v) is 0.870. The molecule has 0 radical (unpaired) electrons. The third-order valence-electron chi connectivity index (χ3n) is 1.49. The minimum Gasteiger partial charge on any atom is -0.253 e. The predicted molar refractivity (Wildman–Crippen MR) is 45.6 cm³/mol. The first kappa shape index (κ1) is 6.96. The lowest BCUT2D eigenvalue weighted by molar-refractivity contribution is 0.881. The number of nitrogens with zero attached hydrogens (tertiary/aromatic N) is 4. The van der Waals surface area contributed by atoms with Gasteiger partial charge in [0.05, 0.1) is 0 Å². The van der Waals surface area contributed by atoms with Gasteiger partial charge in [-0.2, -0.15) is 5.21 Å². The Hall–Kier alpha value is -1.72. The summed E-state index contributed by atoms with van der Waals surface area (Å²) in [6.07, 6.45) is 1.77. The van der Waals surface area contributed by atoms with E-state index in [-0.39, 0.29) is 0 Å². The highest BCUT2D eigenvalue weighted by atomic mass is 15.5. The Morgan fingerprint density at radius 2 is 2.25 bits per heavy atom. The highest BCUT2D eigenvalue weighted by Gasteiger charge is 2.01. The fraction of sp³-hybridized carbons (Fsp3) is 0. The number of tetrazole rings is 1. The van der Waals surface area contributed by atoms with E-state index in [4.69, 9.17) is 0 Å². The summed E-state index contributed by atoms with van der Waals surface area (Å²) in [7, 11) is 1.98. The van der Waals surface area contributed by atoms with E-state index in [0.717, 1.165) is 11.2 Å². The Balaban J connectivity index is 2.43. The molecule has 0 aliphatic rings. The SMILES string of the molecule is Bc1ccc(-c2nn[nH]n2)nc1. The third-order valence-corrected chi connectivity index (χ3v) is 1.49. The van der Waals surface area contributed by atoms with Gasteiger partial charge >= 0.3 is 0 Å². The van der Waals surface area contributed by atoms with Gasteiger partial charge in [0.2, 0.25) is 5.82 Å². The van der Waals surface area contributed by atoms with Crippen molar-refractivity contribution in [2.24, 2.45) is 0 Å². The van der Waals surface area contributed by atoms with Crippen LogP contribution in [0.25, 0.3) is 11.5 Å². The van der Waals surface area contributed by atoms with Crippen LogP contribution < -0.4 is 5.46 Å². The van der Waals surface area contributed by atoms with Gasteiger partial charge in [-0.3, -0.25) is 4.98 Å². The predicted octanol–water partition coefficient (Wildman–Crippen LogP) is -1.48. The number of hydrogen-bond acceptors (Lipinski definition) is 4. The van der Waals surface area contributed by atoms with E-state index in [1.54, 1.807) is 6.20 Å². The largest absolute Gasteiger partial charge is 0.253 e. The molecule has 0 bridgehead atoms. The van der Waals surface area contributed by atoms with Crippen molar-refractivity contribution < 1.29 is 0 Å². The maximum absolute atomic E-state index is 4.14. The number of aromatic nitrogens is 5. The highest BCUT2D eigenvalue weighted by Crippen LogP contribution is 2.05. The molecule has 1 N–H and O–H groups in total. The van der Waals surface area contributed by atoms with Crippen LogP contribution in [-0.2, 0) is 0 Å². The molecule has 2 rings (SSSR count). The number of rotatable bonds is 1. The lowest BCUT2D eigenvalue weighted by Gasteiger charge is -1.92. The summed E-state index contributed by atoms with van der Waals surface area (Å²) >= 11 is 0. The summed E-state index contributed by atoms with van der Waals surface area (Å²) < 4.78 is 0. The number of hydrogen-bond donors (Lipinski definition) is 1. The Labute approximate surface area is 69.6 Å². The minimum atomic E-state index is 0.523. The van der Waals surface area contributed by atoms with Crippen molar-refractivity contribution in [3.05, 3.63) is 18.3 Å². The molecule has 2 aromatic rings. The van der Waals surface area contributed by atoms with E-state index in [9.17, 15) is 0 Å². The van der Waals surface area contributed by atoms with Gasteiger partial charge in [-0.25, -0.2) is 0 Å². The second kappa shape index (κ2) is 2.73. The van der Waals surface area contributed by atoms with Crippen LogP contribution in [0.3, 0.4) is 0 Å². The molecule has 0 spiro atoms. The van der Waals surface area contributed by atoms with Gasteiger partial charge in [-0.15, -0.1) is 10.2 Å². The maximum Gasteiger partial charge on any atom is 0.222 e. The molecule has 0 atom stereocenters. The van der Waals surface area contributed by atoms with E-state index in [1.807, 2.05) is 20.0 Å². The topological polar surface area (TPSA) is 67.3 Å². The fourth-order valence-electron chi connectivity index (χ4n) is 0.870. The van der Waals surface area contributed by atoms with Crippen molar-refractivity contribution in [1.29, 1.82) is 0 Å². The monoisotopic (exact) mass is 159 g/mol. The summed E-state index contributed by atoms with van der Waals surface area (Å²) in [6, 6.07) is 3.82. The lowest BCUT2D eigenvalue weighted by Crippen LogP contribution is -2.02. The van der Waals surface area contributed by atoms with Gasteiger partial charge < -0.3 is 0 Å². The van der Waals surface area contributed by atoms with Crippen LogP contribution in [-0.4, -0.2) is 33.5 Å². The molecule has 0 amide bonds. The zero-order valence-electron chi connectivity index (χ0n) is 6.52. The first-order chi connectivity index (χ1) is 5.86. The first-order valence-corrected chi connectivity index (χ1v) is 3.53. The van der Waals surface area contributed by atoms with E-state index >= 15 is 0 Å². The molecule has 0 aliphatic carbocycles. The molecule has 0 fully saturated rings. The zero-order valence-corrected chi connectivity index (χ0v) is 6.52. The first-order valence-electron chi connectivity index (χ1n) is 3.53. The molecule has 0 aliphatic heterocycles. The lowest BCUT2D eigenvalue weighted by atomic mass is 9.99. The second-order valence-electron chi connectivity index (χ2n) is 2.46. The van der Waals surface area contributed by atoms with E-state index < -0.39 is 0 Å². The van der Waals surface area contributed by atoms with Crippen molar-refractivity contribution in [3.63, 3.8) is 0 Å². The highest BCUT2D eigenvalue weighted by molar-refractivity contribution is 6.32. The van der Waals surface area contributed by atoms with E-state index in [0.29, 0.717) is 5.82 Å². The minimum absolute atomic E-state index is 0.523. The molecule has 6 heteroatoms. The molecular weight excluding hydrogens is 153 g/mol. The van der Waals surface area contributed by atoms with Crippen molar-refractivity contribution in [3.8, 4) is 11.5 Å². The van der Waals surface area contributed by atoms with E-state index in [1.165, 1.54) is 0 Å². The second-order valence-corrected chi connectivity index (χ2v) is 2.46. The van der Waals surface area contributed by atoms with Crippen LogP contribution in [0.5, 0.6) is 0 Å². The van der Waals surface area contributed by atoms with Crippen LogP contribution in [0.1, 0.15) is 0 Å². The van der Waals surface area contributed by atoms with Crippen LogP contribution in [0.15, 0.2) is 18.3 Å². The average molecular weight is 159 g/mol. The summed E-state index contributed by atoms with van der Waals surface area (Å²) in [5.41, 5.74) is 1.84. The molecule has 0 unspecified atom stereocenters. The molecular formula is C6H6BN5. The number of pyridine rings is 1. The molecule has 0 saturated carbocycles. The Morgan fingerprint density at radius 1 is 1.33 bits per heavy atom. The van der Waals surface area contributed by atoms with Crippen LogP contribution >= 0.6 is 0 Å². The third kappa shape index (κ3) is 1.18. The van der Waals surface area contributed by atoms with Gasteiger partial charge in [0, 0.05) is 6.20 Å². The van der Waals surface area contributed by atoms with Gasteiger partial charge in [0.15, 0.2) is 0 Å². The Bertz CT molecular complexity index is 354. The van der Waals surface area contributed by atoms with Crippen LogP contribution in [0, 0.1) is 0 Å². The van der Waals surface area contributed by atoms with Crippen LogP contribution in [0.4, 0.5) is 0 Å². The molecule has 2 aromatic heterocycles. The smallest absolute Gasteiger partial charge is 0.222 e. The standard InChI is InChI=1S/C6H6BN5/c7-4-1-2-5(8-3-4)6-9-11-12-10-6/h1-3H,7H2,(H,9,10,11,12). The number of H-pyrrole nitrogens is 1. The number of aromatic amines is 1. The molecule has 2 heterocycles. The van der Waals surface area contributed by atoms with Gasteiger partial charge in [0.25, 0.3) is 0 Å². The van der Waals surface area contributed by atoms with E-state index in [2.05, 4.69) is 25.6 Å². The maximum atomic E-state index is 4.14. The Morgan fingerprint density at radius 3 is 2.83 bits per heavy atom. The van der Waals surface area contributed by atoms with Crippen molar-refractivity contribution in [2.75, 3.05) is 0 Å². The molecule has 12 heavy (non-hydrogen) atoms. The van der Waals surface area contributed by atoms with Crippen molar-refractivity contribution >= 4 is 13.3 Å².